The minimum absolute atomic E-state index is 0.0372. The molecule has 0 atom stereocenters. The second kappa shape index (κ2) is 8.17. The topological polar surface area (TPSA) is 47.6 Å². The molecule has 25 heavy (non-hydrogen) atoms. The lowest BCUT2D eigenvalue weighted by molar-refractivity contribution is -0.140. The highest BCUT2D eigenvalue weighted by molar-refractivity contribution is 5.97. The van der Waals surface area contributed by atoms with Crippen molar-refractivity contribution in [1.82, 2.24) is 0 Å². The van der Waals surface area contributed by atoms with Gasteiger partial charge in [-0.2, -0.15) is 0 Å². The van der Waals surface area contributed by atoms with Gasteiger partial charge < -0.3 is 14.8 Å². The van der Waals surface area contributed by atoms with Crippen LogP contribution in [0.15, 0.2) is 54.6 Å². The summed E-state index contributed by atoms with van der Waals surface area (Å²) in [6, 6.07) is 17.5. The number of nitrogens with one attached hydrogen (secondary N) is 1. The average molecular weight is 339 g/mol. The smallest absolute Gasteiger partial charge is 0.256 e. The van der Waals surface area contributed by atoms with Gasteiger partial charge in [-0.1, -0.05) is 30.3 Å². The summed E-state index contributed by atoms with van der Waals surface area (Å²) in [5, 5.41) is 2.99. The molecule has 4 nitrogen and oxygen atoms in total. The molecule has 0 unspecified atom stereocenters. The van der Waals surface area contributed by atoms with Crippen molar-refractivity contribution >= 4 is 11.6 Å². The Bertz CT molecular complexity index is 676. The number of anilines is 1. The maximum Gasteiger partial charge on any atom is 0.256 e. The van der Waals surface area contributed by atoms with Crippen LogP contribution in [0.1, 0.15) is 38.2 Å². The summed E-state index contributed by atoms with van der Waals surface area (Å²) in [5.74, 6) is 0.743. The van der Waals surface area contributed by atoms with Crippen LogP contribution in [0.2, 0.25) is 0 Å². The number of hydrogen-bond acceptors (Lipinski definition) is 3. The van der Waals surface area contributed by atoms with E-state index in [-0.39, 0.29) is 5.91 Å². The predicted molar refractivity (Wildman–Crippen MR) is 98.7 cm³/mol. The second-order valence-electron chi connectivity index (χ2n) is 6.39. The molecule has 0 aliphatic heterocycles. The number of amides is 1. The fourth-order valence-corrected chi connectivity index (χ4v) is 3.28. The van der Waals surface area contributed by atoms with Crippen LogP contribution in [-0.2, 0) is 16.1 Å². The minimum atomic E-state index is -0.656. The lowest BCUT2D eigenvalue weighted by Gasteiger charge is -2.27. The predicted octanol–water partition coefficient (Wildman–Crippen LogP) is 4.55. The Morgan fingerprint density at radius 1 is 1.04 bits per heavy atom. The van der Waals surface area contributed by atoms with Gasteiger partial charge in [-0.3, -0.25) is 4.79 Å². The van der Waals surface area contributed by atoms with E-state index in [1.165, 1.54) is 0 Å². The zero-order valence-electron chi connectivity index (χ0n) is 14.7. The molecule has 0 spiro atoms. The number of benzene rings is 2. The third-order valence-electron chi connectivity index (χ3n) is 4.61. The first kappa shape index (κ1) is 17.5. The van der Waals surface area contributed by atoms with Gasteiger partial charge in [-0.25, -0.2) is 0 Å². The van der Waals surface area contributed by atoms with Crippen LogP contribution in [0.25, 0.3) is 0 Å². The van der Waals surface area contributed by atoms with Crippen molar-refractivity contribution in [3.8, 4) is 5.75 Å². The normalized spacial score (nSPS) is 15.7. The van der Waals surface area contributed by atoms with Gasteiger partial charge in [-0.15, -0.1) is 0 Å². The molecule has 0 radical (unpaired) electrons. The Kier molecular flexibility index (Phi) is 5.71. The van der Waals surface area contributed by atoms with Crippen LogP contribution < -0.4 is 10.1 Å². The third-order valence-corrected chi connectivity index (χ3v) is 4.61. The molecule has 132 valence electrons. The fraction of sp³-hybridized carbons (Fsp3) is 0.381. The van der Waals surface area contributed by atoms with Gasteiger partial charge >= 0.3 is 0 Å². The van der Waals surface area contributed by atoms with Crippen LogP contribution in [0.5, 0.6) is 5.75 Å². The molecule has 0 bridgehead atoms. The number of carbonyl (C=O) groups is 1. The molecule has 2 aromatic carbocycles. The van der Waals surface area contributed by atoms with Crippen LogP contribution in [-0.4, -0.2) is 18.1 Å². The summed E-state index contributed by atoms with van der Waals surface area (Å²) in [7, 11) is 0. The summed E-state index contributed by atoms with van der Waals surface area (Å²) in [6.45, 7) is 3.02. The first-order valence-corrected chi connectivity index (χ1v) is 8.94. The second-order valence-corrected chi connectivity index (χ2v) is 6.39. The van der Waals surface area contributed by atoms with Crippen molar-refractivity contribution in [2.45, 2.75) is 44.8 Å². The van der Waals surface area contributed by atoms with Gasteiger partial charge in [0, 0.05) is 12.3 Å². The van der Waals surface area contributed by atoms with E-state index >= 15 is 0 Å². The quantitative estimate of drug-likeness (QED) is 0.805. The average Bonchev–Trinajstić information content (AvgIpc) is 3.12. The standard InChI is InChI=1S/C21H25NO3/c1-2-25-21(14-6-7-15-21)20(23)22-18-10-12-19(13-11-18)24-16-17-8-4-3-5-9-17/h3-5,8-13H,2,6-7,14-16H2,1H3,(H,22,23). The molecule has 1 fully saturated rings. The molecule has 1 saturated carbocycles. The van der Waals surface area contributed by atoms with Crippen molar-refractivity contribution in [2.75, 3.05) is 11.9 Å². The third kappa shape index (κ3) is 4.40. The molecule has 0 saturated heterocycles. The van der Waals surface area contributed by atoms with Crippen LogP contribution >= 0.6 is 0 Å². The first-order chi connectivity index (χ1) is 12.2. The maximum atomic E-state index is 12.7. The molecule has 2 aromatic rings. The zero-order chi connectivity index (χ0) is 17.5. The molecule has 3 rings (SSSR count). The van der Waals surface area contributed by atoms with Crippen LogP contribution in [0.4, 0.5) is 5.69 Å². The molecule has 1 amide bonds. The highest BCUT2D eigenvalue weighted by Gasteiger charge is 2.41. The number of ether oxygens (including phenoxy) is 2. The van der Waals surface area contributed by atoms with Gasteiger partial charge in [0.25, 0.3) is 5.91 Å². The van der Waals surface area contributed by atoms with E-state index in [2.05, 4.69) is 5.32 Å². The molecule has 1 N–H and O–H groups in total. The number of hydrogen-bond donors (Lipinski definition) is 1. The lowest BCUT2D eigenvalue weighted by atomic mass is 10.0. The molecule has 0 aromatic heterocycles. The Morgan fingerprint density at radius 2 is 1.72 bits per heavy atom. The minimum Gasteiger partial charge on any atom is -0.489 e. The number of carbonyl (C=O) groups excluding carboxylic acids is 1. The van der Waals surface area contributed by atoms with E-state index < -0.39 is 5.60 Å². The van der Waals surface area contributed by atoms with E-state index in [4.69, 9.17) is 9.47 Å². The molecule has 0 heterocycles. The number of rotatable bonds is 7. The Labute approximate surface area is 149 Å². The van der Waals surface area contributed by atoms with E-state index in [9.17, 15) is 4.79 Å². The van der Waals surface area contributed by atoms with Gasteiger partial charge in [-0.05, 0) is 62.4 Å². The molecular formula is C21H25NO3. The zero-order valence-corrected chi connectivity index (χ0v) is 14.7. The van der Waals surface area contributed by atoms with Crippen LogP contribution in [0, 0.1) is 0 Å². The molecular weight excluding hydrogens is 314 g/mol. The SMILES string of the molecule is CCOC1(C(=O)Nc2ccc(OCc3ccccc3)cc2)CCCC1. The van der Waals surface area contributed by atoms with Gasteiger partial charge in [0.2, 0.25) is 0 Å². The van der Waals surface area contributed by atoms with E-state index in [1.807, 2.05) is 61.5 Å². The highest BCUT2D eigenvalue weighted by atomic mass is 16.5. The Hall–Kier alpha value is -2.33. The molecule has 1 aliphatic rings. The molecule has 4 heteroatoms. The van der Waals surface area contributed by atoms with E-state index in [0.29, 0.717) is 13.2 Å². The van der Waals surface area contributed by atoms with E-state index in [0.717, 1.165) is 42.7 Å². The summed E-state index contributed by atoms with van der Waals surface area (Å²) >= 11 is 0. The fourth-order valence-electron chi connectivity index (χ4n) is 3.28. The summed E-state index contributed by atoms with van der Waals surface area (Å²) in [6.07, 6.45) is 3.68. The lowest BCUT2D eigenvalue weighted by Crippen LogP contribution is -2.43. The summed E-state index contributed by atoms with van der Waals surface area (Å²) in [5.41, 5.74) is 1.24. The highest BCUT2D eigenvalue weighted by Crippen LogP contribution is 2.34. The van der Waals surface area contributed by atoms with Crippen LogP contribution in [0.3, 0.4) is 0 Å². The van der Waals surface area contributed by atoms with Crippen molar-refractivity contribution in [1.29, 1.82) is 0 Å². The first-order valence-electron chi connectivity index (χ1n) is 8.94. The van der Waals surface area contributed by atoms with Crippen molar-refractivity contribution in [3.05, 3.63) is 60.2 Å². The van der Waals surface area contributed by atoms with Gasteiger partial charge in [0.15, 0.2) is 0 Å². The monoisotopic (exact) mass is 339 g/mol. The van der Waals surface area contributed by atoms with Crippen molar-refractivity contribution in [2.24, 2.45) is 0 Å². The summed E-state index contributed by atoms with van der Waals surface area (Å²) < 4.78 is 11.6. The van der Waals surface area contributed by atoms with Gasteiger partial charge in [0.1, 0.15) is 18.0 Å². The van der Waals surface area contributed by atoms with Crippen molar-refractivity contribution < 1.29 is 14.3 Å². The maximum absolute atomic E-state index is 12.7. The Balaban J connectivity index is 1.57. The van der Waals surface area contributed by atoms with Gasteiger partial charge in [0.05, 0.1) is 0 Å². The Morgan fingerprint density at radius 3 is 2.36 bits per heavy atom. The molecule has 1 aliphatic carbocycles. The van der Waals surface area contributed by atoms with Crippen molar-refractivity contribution in [3.63, 3.8) is 0 Å². The largest absolute Gasteiger partial charge is 0.489 e. The summed E-state index contributed by atoms with van der Waals surface area (Å²) in [4.78, 5) is 12.7. The van der Waals surface area contributed by atoms with E-state index in [1.54, 1.807) is 0 Å².